The molecule has 2 rings (SSSR count). The van der Waals surface area contributed by atoms with E-state index in [1.165, 1.54) is 11.3 Å². The summed E-state index contributed by atoms with van der Waals surface area (Å²) < 4.78 is 2.25. The Kier molecular flexibility index (Phi) is 3.16. The molecule has 96 valence electrons. The number of fused-ring (bicyclic) bond motifs is 1. The molecule has 1 heterocycles. The maximum Gasteiger partial charge on any atom is 0.335 e. The fourth-order valence-electron chi connectivity index (χ4n) is 2.78. The maximum absolute atomic E-state index is 11.1. The van der Waals surface area contributed by atoms with E-state index < -0.39 is 5.97 Å². The molecule has 0 unspecified atom stereocenters. The van der Waals surface area contributed by atoms with Crippen molar-refractivity contribution < 1.29 is 9.90 Å². The Morgan fingerprint density at radius 2 is 2.06 bits per heavy atom. The first kappa shape index (κ1) is 12.7. The molecule has 0 saturated carbocycles. The number of rotatable bonds is 3. The molecule has 1 aromatic heterocycles. The highest BCUT2D eigenvalue weighted by Crippen LogP contribution is 2.32. The van der Waals surface area contributed by atoms with Crippen LogP contribution in [0.25, 0.3) is 10.9 Å². The zero-order valence-electron chi connectivity index (χ0n) is 11.3. The Balaban J connectivity index is 2.83. The van der Waals surface area contributed by atoms with Crippen LogP contribution in [0.1, 0.15) is 48.3 Å². The van der Waals surface area contributed by atoms with Gasteiger partial charge in [0.2, 0.25) is 0 Å². The predicted molar refractivity (Wildman–Crippen MR) is 73.4 cm³/mol. The van der Waals surface area contributed by atoms with E-state index in [-0.39, 0.29) is 0 Å². The third-order valence-corrected chi connectivity index (χ3v) is 3.51. The standard InChI is InChI=1S/C15H19NO2/c1-5-16-10(4)14(9(2)3)12-8-11(15(17)18)6-7-13(12)16/h6-9H,5H2,1-4H3,(H,17,18). The fraction of sp³-hybridized carbons (Fsp3) is 0.400. The van der Waals surface area contributed by atoms with Crippen molar-refractivity contribution >= 4 is 16.9 Å². The number of carboxylic acids is 1. The zero-order chi connectivity index (χ0) is 13.4. The van der Waals surface area contributed by atoms with Crippen LogP contribution >= 0.6 is 0 Å². The van der Waals surface area contributed by atoms with Crippen LogP contribution in [0.3, 0.4) is 0 Å². The van der Waals surface area contributed by atoms with E-state index in [2.05, 4.69) is 32.3 Å². The number of hydrogen-bond acceptors (Lipinski definition) is 1. The van der Waals surface area contributed by atoms with Crippen LogP contribution in [0.15, 0.2) is 18.2 Å². The van der Waals surface area contributed by atoms with E-state index in [4.69, 9.17) is 5.11 Å². The number of hydrogen-bond donors (Lipinski definition) is 1. The summed E-state index contributed by atoms with van der Waals surface area (Å²) in [6, 6.07) is 5.40. The lowest BCUT2D eigenvalue weighted by molar-refractivity contribution is 0.0697. The van der Waals surface area contributed by atoms with Gasteiger partial charge in [0.05, 0.1) is 5.56 Å². The number of nitrogens with zero attached hydrogens (tertiary/aromatic N) is 1. The fourth-order valence-corrected chi connectivity index (χ4v) is 2.78. The highest BCUT2D eigenvalue weighted by Gasteiger charge is 2.17. The van der Waals surface area contributed by atoms with E-state index in [1.807, 2.05) is 6.07 Å². The molecule has 0 bridgehead atoms. The van der Waals surface area contributed by atoms with Crippen LogP contribution in [-0.4, -0.2) is 15.6 Å². The van der Waals surface area contributed by atoms with Gasteiger partial charge in [-0.15, -0.1) is 0 Å². The largest absolute Gasteiger partial charge is 0.478 e. The zero-order valence-corrected chi connectivity index (χ0v) is 11.3. The summed E-state index contributed by atoms with van der Waals surface area (Å²) in [5.74, 6) is -0.474. The van der Waals surface area contributed by atoms with Crippen molar-refractivity contribution in [3.63, 3.8) is 0 Å². The van der Waals surface area contributed by atoms with Crippen LogP contribution in [0.2, 0.25) is 0 Å². The van der Waals surface area contributed by atoms with Crippen LogP contribution in [-0.2, 0) is 6.54 Å². The lowest BCUT2D eigenvalue weighted by atomic mass is 9.99. The molecule has 0 fully saturated rings. The van der Waals surface area contributed by atoms with E-state index in [0.29, 0.717) is 11.5 Å². The van der Waals surface area contributed by atoms with Gasteiger partial charge in [-0.05, 0) is 43.5 Å². The SMILES string of the molecule is CCn1c(C)c(C(C)C)c2cc(C(=O)O)ccc21. The Labute approximate surface area is 107 Å². The van der Waals surface area contributed by atoms with Crippen molar-refractivity contribution in [2.75, 3.05) is 0 Å². The summed E-state index contributed by atoms with van der Waals surface area (Å²) in [4.78, 5) is 11.1. The van der Waals surface area contributed by atoms with Crippen molar-refractivity contribution in [1.29, 1.82) is 0 Å². The number of carbonyl (C=O) groups is 1. The van der Waals surface area contributed by atoms with E-state index in [1.54, 1.807) is 12.1 Å². The first-order valence-electron chi connectivity index (χ1n) is 6.33. The summed E-state index contributed by atoms with van der Waals surface area (Å²) >= 11 is 0. The van der Waals surface area contributed by atoms with Gasteiger partial charge in [-0.25, -0.2) is 4.79 Å². The molecule has 0 spiro atoms. The second-order valence-electron chi connectivity index (χ2n) is 4.94. The molecule has 2 aromatic rings. The van der Waals surface area contributed by atoms with Gasteiger partial charge < -0.3 is 9.67 Å². The van der Waals surface area contributed by atoms with Crippen LogP contribution in [0.4, 0.5) is 0 Å². The molecule has 0 radical (unpaired) electrons. The minimum absolute atomic E-state index is 0.359. The quantitative estimate of drug-likeness (QED) is 0.893. The molecule has 0 aliphatic rings. The second kappa shape index (κ2) is 4.48. The molecule has 0 amide bonds. The van der Waals surface area contributed by atoms with Gasteiger partial charge in [0.1, 0.15) is 0 Å². The molecule has 3 nitrogen and oxygen atoms in total. The summed E-state index contributed by atoms with van der Waals surface area (Å²) in [5, 5.41) is 10.2. The van der Waals surface area contributed by atoms with E-state index >= 15 is 0 Å². The van der Waals surface area contributed by atoms with Crippen LogP contribution < -0.4 is 0 Å². The van der Waals surface area contributed by atoms with E-state index in [9.17, 15) is 4.79 Å². The maximum atomic E-state index is 11.1. The molecule has 1 N–H and O–H groups in total. The third kappa shape index (κ3) is 1.80. The summed E-state index contributed by atoms with van der Waals surface area (Å²) in [6.07, 6.45) is 0. The van der Waals surface area contributed by atoms with Crippen molar-refractivity contribution in [2.45, 2.75) is 40.2 Å². The Morgan fingerprint density at radius 3 is 2.56 bits per heavy atom. The smallest absolute Gasteiger partial charge is 0.335 e. The number of aromatic nitrogens is 1. The average Bonchev–Trinajstić information content (AvgIpc) is 2.59. The van der Waals surface area contributed by atoms with Crippen molar-refractivity contribution in [3.8, 4) is 0 Å². The molecular weight excluding hydrogens is 226 g/mol. The predicted octanol–water partition coefficient (Wildman–Crippen LogP) is 3.79. The highest BCUT2D eigenvalue weighted by molar-refractivity contribution is 5.95. The highest BCUT2D eigenvalue weighted by atomic mass is 16.4. The van der Waals surface area contributed by atoms with Crippen LogP contribution in [0.5, 0.6) is 0 Å². The Hall–Kier alpha value is -1.77. The number of aromatic carboxylic acids is 1. The minimum atomic E-state index is -0.867. The average molecular weight is 245 g/mol. The normalized spacial score (nSPS) is 11.4. The van der Waals surface area contributed by atoms with Gasteiger partial charge in [0.15, 0.2) is 0 Å². The monoisotopic (exact) mass is 245 g/mol. The summed E-state index contributed by atoms with van der Waals surface area (Å²) in [6.45, 7) is 9.42. The van der Waals surface area contributed by atoms with Gasteiger partial charge >= 0.3 is 5.97 Å². The van der Waals surface area contributed by atoms with Gasteiger partial charge in [-0.1, -0.05) is 13.8 Å². The first-order valence-corrected chi connectivity index (χ1v) is 6.33. The van der Waals surface area contributed by atoms with Crippen molar-refractivity contribution in [1.82, 2.24) is 4.57 Å². The van der Waals surface area contributed by atoms with Crippen LogP contribution in [0, 0.1) is 6.92 Å². The molecule has 0 aliphatic heterocycles. The molecule has 0 atom stereocenters. The third-order valence-electron chi connectivity index (χ3n) is 3.51. The molecule has 0 saturated heterocycles. The molecule has 18 heavy (non-hydrogen) atoms. The number of aryl methyl sites for hydroxylation is 1. The lowest BCUT2D eigenvalue weighted by Crippen LogP contribution is -1.98. The Morgan fingerprint density at radius 1 is 1.39 bits per heavy atom. The number of carboxylic acid groups (broad SMARTS) is 1. The molecule has 0 aliphatic carbocycles. The molecule has 1 aromatic carbocycles. The summed E-state index contributed by atoms with van der Waals surface area (Å²) in [7, 11) is 0. The number of benzene rings is 1. The molecule has 3 heteroatoms. The van der Waals surface area contributed by atoms with Gasteiger partial charge in [0.25, 0.3) is 0 Å². The van der Waals surface area contributed by atoms with Gasteiger partial charge in [-0.3, -0.25) is 0 Å². The van der Waals surface area contributed by atoms with Crippen molar-refractivity contribution in [3.05, 3.63) is 35.0 Å². The minimum Gasteiger partial charge on any atom is -0.478 e. The topological polar surface area (TPSA) is 42.2 Å². The van der Waals surface area contributed by atoms with Crippen molar-refractivity contribution in [2.24, 2.45) is 0 Å². The van der Waals surface area contributed by atoms with Gasteiger partial charge in [0, 0.05) is 23.1 Å². The molecular formula is C15H19NO2. The Bertz CT molecular complexity index is 608. The summed E-state index contributed by atoms with van der Waals surface area (Å²) in [5.41, 5.74) is 3.99. The van der Waals surface area contributed by atoms with Gasteiger partial charge in [-0.2, -0.15) is 0 Å². The second-order valence-corrected chi connectivity index (χ2v) is 4.94. The lowest BCUT2D eigenvalue weighted by Gasteiger charge is -2.07. The first-order chi connectivity index (χ1) is 8.47. The van der Waals surface area contributed by atoms with E-state index in [0.717, 1.165) is 17.4 Å².